The van der Waals surface area contributed by atoms with Gasteiger partial charge in [0.1, 0.15) is 0 Å². The highest BCUT2D eigenvalue weighted by atomic mass is 15.4. The van der Waals surface area contributed by atoms with Crippen molar-refractivity contribution in [3.63, 3.8) is 0 Å². The van der Waals surface area contributed by atoms with Crippen molar-refractivity contribution in [3.8, 4) is 0 Å². The van der Waals surface area contributed by atoms with E-state index in [-0.39, 0.29) is 5.96 Å². The van der Waals surface area contributed by atoms with Gasteiger partial charge in [-0.15, -0.1) is 0 Å². The van der Waals surface area contributed by atoms with Crippen molar-refractivity contribution < 1.29 is 0 Å². The third-order valence-corrected chi connectivity index (χ3v) is 1.36. The zero-order valence-electron chi connectivity index (χ0n) is 6.89. The fourth-order valence-corrected chi connectivity index (χ4v) is 0.719. The van der Waals surface area contributed by atoms with Gasteiger partial charge in [-0.2, -0.15) is 0 Å². The summed E-state index contributed by atoms with van der Waals surface area (Å²) in [6.45, 7) is 0. The molecule has 0 aliphatic heterocycles. The van der Waals surface area contributed by atoms with Crippen LogP contribution in [-0.2, 0) is 0 Å². The van der Waals surface area contributed by atoms with Gasteiger partial charge in [-0.3, -0.25) is 16.3 Å². The van der Waals surface area contributed by atoms with Crippen molar-refractivity contribution in [3.05, 3.63) is 30.3 Å². The van der Waals surface area contributed by atoms with Gasteiger partial charge < -0.3 is 5.32 Å². The summed E-state index contributed by atoms with van der Waals surface area (Å²) in [6, 6.07) is 9.61. The summed E-state index contributed by atoms with van der Waals surface area (Å²) in [5.74, 6) is 0.235. The van der Waals surface area contributed by atoms with Gasteiger partial charge in [-0.25, -0.2) is 0 Å². The monoisotopic (exact) mass is 164 g/mol. The molecule has 0 saturated heterocycles. The van der Waals surface area contributed by atoms with Crippen LogP contribution in [0.15, 0.2) is 30.3 Å². The maximum Gasteiger partial charge on any atom is 0.207 e. The van der Waals surface area contributed by atoms with Crippen molar-refractivity contribution >= 4 is 11.6 Å². The van der Waals surface area contributed by atoms with Gasteiger partial charge in [0, 0.05) is 7.05 Å². The van der Waals surface area contributed by atoms with E-state index >= 15 is 0 Å². The third kappa shape index (κ3) is 2.49. The first-order chi connectivity index (χ1) is 5.83. The Balaban J connectivity index is 2.38. The first kappa shape index (κ1) is 8.39. The summed E-state index contributed by atoms with van der Waals surface area (Å²) in [4.78, 5) is 0. The second kappa shape index (κ2) is 4.23. The molecule has 0 fully saturated rings. The molecule has 1 rings (SSSR count). The molecule has 0 bridgehead atoms. The summed E-state index contributed by atoms with van der Waals surface area (Å²) in [7, 11) is 1.68. The van der Waals surface area contributed by atoms with E-state index in [1.807, 2.05) is 30.3 Å². The minimum Gasteiger partial charge on any atom is -0.358 e. The van der Waals surface area contributed by atoms with E-state index in [9.17, 15) is 0 Å². The molecule has 64 valence electrons. The number of para-hydroxylation sites is 1. The second-order valence-corrected chi connectivity index (χ2v) is 2.24. The predicted molar refractivity (Wildman–Crippen MR) is 50.0 cm³/mol. The summed E-state index contributed by atoms with van der Waals surface area (Å²) >= 11 is 0. The van der Waals surface area contributed by atoms with Crippen LogP contribution in [0.25, 0.3) is 0 Å². The van der Waals surface area contributed by atoms with E-state index in [2.05, 4.69) is 16.2 Å². The van der Waals surface area contributed by atoms with E-state index in [4.69, 9.17) is 5.41 Å². The molecule has 0 spiro atoms. The van der Waals surface area contributed by atoms with Gasteiger partial charge in [0.2, 0.25) is 5.96 Å². The van der Waals surface area contributed by atoms with Gasteiger partial charge in [0.15, 0.2) is 0 Å². The van der Waals surface area contributed by atoms with Gasteiger partial charge >= 0.3 is 0 Å². The number of nitrogens with one attached hydrogen (secondary N) is 4. The molecular weight excluding hydrogens is 152 g/mol. The number of benzene rings is 1. The number of anilines is 1. The first-order valence-electron chi connectivity index (χ1n) is 3.66. The minimum atomic E-state index is 0.235. The molecule has 0 heterocycles. The standard InChI is InChI=1S/C8H12N4/c1-10-8(9)12-11-7-5-3-2-4-6-7/h2-6,11H,1H3,(H3,9,10,12). The van der Waals surface area contributed by atoms with Gasteiger partial charge in [-0.05, 0) is 12.1 Å². The largest absolute Gasteiger partial charge is 0.358 e. The Morgan fingerprint density at radius 3 is 2.50 bits per heavy atom. The predicted octanol–water partition coefficient (Wildman–Crippen LogP) is 0.757. The number of guanidine groups is 1. The molecule has 0 amide bonds. The van der Waals surface area contributed by atoms with Crippen molar-refractivity contribution in [1.29, 1.82) is 5.41 Å². The lowest BCUT2D eigenvalue weighted by atomic mass is 10.3. The Morgan fingerprint density at radius 1 is 1.25 bits per heavy atom. The van der Waals surface area contributed by atoms with E-state index in [1.54, 1.807) is 7.05 Å². The number of hydrogen-bond acceptors (Lipinski definition) is 2. The molecule has 1 aromatic rings. The molecule has 0 aliphatic rings. The summed E-state index contributed by atoms with van der Waals surface area (Å²) in [6.07, 6.45) is 0. The Morgan fingerprint density at radius 2 is 1.92 bits per heavy atom. The summed E-state index contributed by atoms with van der Waals surface area (Å²) in [5, 5.41) is 9.85. The number of hydrazine groups is 1. The first-order valence-corrected chi connectivity index (χ1v) is 3.66. The molecule has 0 aromatic heterocycles. The lowest BCUT2D eigenvalue weighted by Crippen LogP contribution is -2.37. The van der Waals surface area contributed by atoms with Crippen molar-refractivity contribution in [2.75, 3.05) is 12.5 Å². The topological polar surface area (TPSA) is 59.9 Å². The smallest absolute Gasteiger partial charge is 0.207 e. The zero-order valence-corrected chi connectivity index (χ0v) is 6.89. The zero-order chi connectivity index (χ0) is 8.81. The van der Waals surface area contributed by atoms with E-state index in [1.165, 1.54) is 0 Å². The van der Waals surface area contributed by atoms with Crippen molar-refractivity contribution in [1.82, 2.24) is 10.7 Å². The summed E-state index contributed by atoms with van der Waals surface area (Å²) in [5.41, 5.74) is 6.46. The highest BCUT2D eigenvalue weighted by Gasteiger charge is 1.89. The van der Waals surface area contributed by atoms with Gasteiger partial charge in [-0.1, -0.05) is 18.2 Å². The number of hydrogen-bond donors (Lipinski definition) is 4. The Labute approximate surface area is 71.5 Å². The molecule has 4 N–H and O–H groups in total. The van der Waals surface area contributed by atoms with Crippen LogP contribution < -0.4 is 16.2 Å². The van der Waals surface area contributed by atoms with Gasteiger partial charge in [0.25, 0.3) is 0 Å². The lowest BCUT2D eigenvalue weighted by Gasteiger charge is -2.08. The Hall–Kier alpha value is -1.71. The van der Waals surface area contributed by atoms with E-state index < -0.39 is 0 Å². The van der Waals surface area contributed by atoms with E-state index in [0.29, 0.717) is 0 Å². The second-order valence-electron chi connectivity index (χ2n) is 2.24. The molecular formula is C8H12N4. The van der Waals surface area contributed by atoms with Gasteiger partial charge in [0.05, 0.1) is 5.69 Å². The fourth-order valence-electron chi connectivity index (χ4n) is 0.719. The van der Waals surface area contributed by atoms with Crippen LogP contribution in [0.3, 0.4) is 0 Å². The summed E-state index contributed by atoms with van der Waals surface area (Å²) < 4.78 is 0. The quantitative estimate of drug-likeness (QED) is 0.296. The Bertz CT molecular complexity index is 244. The van der Waals surface area contributed by atoms with Crippen LogP contribution in [0.5, 0.6) is 0 Å². The van der Waals surface area contributed by atoms with Crippen molar-refractivity contribution in [2.24, 2.45) is 0 Å². The minimum absolute atomic E-state index is 0.235. The van der Waals surface area contributed by atoms with Crippen LogP contribution >= 0.6 is 0 Å². The SMILES string of the molecule is CNC(=N)NNc1ccccc1. The Kier molecular flexibility index (Phi) is 2.95. The maximum absolute atomic E-state index is 7.20. The van der Waals surface area contributed by atoms with Crippen LogP contribution in [0.1, 0.15) is 0 Å². The normalized spacial score (nSPS) is 8.75. The van der Waals surface area contributed by atoms with E-state index in [0.717, 1.165) is 5.69 Å². The molecule has 12 heavy (non-hydrogen) atoms. The average molecular weight is 164 g/mol. The third-order valence-electron chi connectivity index (χ3n) is 1.36. The van der Waals surface area contributed by atoms with Crippen LogP contribution in [0, 0.1) is 5.41 Å². The molecule has 0 saturated carbocycles. The maximum atomic E-state index is 7.20. The lowest BCUT2D eigenvalue weighted by molar-refractivity contribution is 0.985. The van der Waals surface area contributed by atoms with Crippen LogP contribution in [-0.4, -0.2) is 13.0 Å². The average Bonchev–Trinajstić information content (AvgIpc) is 2.16. The highest BCUT2D eigenvalue weighted by molar-refractivity contribution is 5.77. The molecule has 4 heteroatoms. The highest BCUT2D eigenvalue weighted by Crippen LogP contribution is 2.01. The fraction of sp³-hybridized carbons (Fsp3) is 0.125. The number of rotatable bonds is 2. The molecule has 0 atom stereocenters. The molecule has 4 nitrogen and oxygen atoms in total. The molecule has 0 unspecified atom stereocenters. The molecule has 1 aromatic carbocycles. The van der Waals surface area contributed by atoms with Crippen LogP contribution in [0.2, 0.25) is 0 Å². The molecule has 0 aliphatic carbocycles. The van der Waals surface area contributed by atoms with Crippen molar-refractivity contribution in [2.45, 2.75) is 0 Å². The molecule has 0 radical (unpaired) electrons. The van der Waals surface area contributed by atoms with Crippen LogP contribution in [0.4, 0.5) is 5.69 Å².